The van der Waals surface area contributed by atoms with E-state index in [2.05, 4.69) is 0 Å². The highest BCUT2D eigenvalue weighted by atomic mass is 35.5. The monoisotopic (exact) mass is 453 g/mol. The number of esters is 1. The van der Waals surface area contributed by atoms with Crippen molar-refractivity contribution in [2.45, 2.75) is 18.9 Å². The number of alkyl halides is 1. The van der Waals surface area contributed by atoms with Gasteiger partial charge >= 0.3 is 5.97 Å². The predicted octanol–water partition coefficient (Wildman–Crippen LogP) is 4.77. The van der Waals surface area contributed by atoms with Gasteiger partial charge in [0.05, 0.1) is 5.92 Å². The van der Waals surface area contributed by atoms with Gasteiger partial charge in [0, 0.05) is 46.6 Å². The minimum atomic E-state index is -1.01. The highest BCUT2D eigenvalue weighted by molar-refractivity contribution is 6.31. The van der Waals surface area contributed by atoms with Crippen LogP contribution in [-0.4, -0.2) is 36.2 Å². The number of carbonyl (C=O) groups is 3. The van der Waals surface area contributed by atoms with Crippen LogP contribution in [0, 0.1) is 5.92 Å². The lowest BCUT2D eigenvalue weighted by atomic mass is 10.0. The van der Waals surface area contributed by atoms with Gasteiger partial charge in [0.15, 0.2) is 6.10 Å². The van der Waals surface area contributed by atoms with E-state index in [1.165, 1.54) is 4.90 Å². The van der Waals surface area contributed by atoms with Crippen molar-refractivity contribution in [3.63, 3.8) is 0 Å². The molecule has 1 amide bonds. The van der Waals surface area contributed by atoms with Crippen LogP contribution in [0.1, 0.15) is 23.2 Å². The molecule has 8 heteroatoms. The van der Waals surface area contributed by atoms with Crippen LogP contribution >= 0.6 is 34.8 Å². The number of Topliss-reactive ketones (excluding diaryl/α,β-unsaturated/α-hetero) is 1. The lowest BCUT2D eigenvalue weighted by Crippen LogP contribution is -2.32. The molecule has 5 nitrogen and oxygen atoms in total. The SMILES string of the molecule is O=C(O[C@H](CCCl)C(=O)c1ccc(Cl)cc1)[C@H]1CC(=O)N(c2ccc(Cl)cc2)C1. The maximum absolute atomic E-state index is 12.7. The number of hydrogen-bond acceptors (Lipinski definition) is 4. The summed E-state index contributed by atoms with van der Waals surface area (Å²) in [6, 6.07) is 13.1. The molecule has 0 radical (unpaired) electrons. The zero-order valence-electron chi connectivity index (χ0n) is 15.3. The minimum absolute atomic E-state index is 0.0180. The number of rotatable bonds is 7. The van der Waals surface area contributed by atoms with Gasteiger partial charge in [0.2, 0.25) is 11.7 Å². The molecular formula is C21H18Cl3NO4. The largest absolute Gasteiger partial charge is 0.454 e. The normalized spacial score (nSPS) is 17.3. The number of anilines is 1. The summed E-state index contributed by atoms with van der Waals surface area (Å²) < 4.78 is 5.47. The number of amides is 1. The first kappa shape index (κ1) is 21.6. The van der Waals surface area contributed by atoms with E-state index < -0.39 is 18.0 Å². The third-order valence-corrected chi connectivity index (χ3v) is 5.37. The van der Waals surface area contributed by atoms with Gasteiger partial charge in [-0.05, 0) is 48.5 Å². The van der Waals surface area contributed by atoms with Gasteiger partial charge in [-0.3, -0.25) is 14.4 Å². The molecule has 0 N–H and O–H groups in total. The quantitative estimate of drug-likeness (QED) is 0.343. The van der Waals surface area contributed by atoms with E-state index in [1.54, 1.807) is 48.5 Å². The Hall–Kier alpha value is -2.08. The lowest BCUT2D eigenvalue weighted by Gasteiger charge is -2.19. The van der Waals surface area contributed by atoms with Crippen molar-refractivity contribution in [1.82, 2.24) is 0 Å². The number of hydrogen-bond donors (Lipinski definition) is 0. The van der Waals surface area contributed by atoms with E-state index in [-0.39, 0.29) is 37.0 Å². The second-order valence-corrected chi connectivity index (χ2v) is 7.91. The molecule has 2 aromatic rings. The van der Waals surface area contributed by atoms with Crippen LogP contribution in [0.3, 0.4) is 0 Å². The topological polar surface area (TPSA) is 63.7 Å². The average Bonchev–Trinajstić information content (AvgIpc) is 3.10. The van der Waals surface area contributed by atoms with E-state index in [0.29, 0.717) is 21.3 Å². The molecule has 1 fully saturated rings. The predicted molar refractivity (Wildman–Crippen MR) is 113 cm³/mol. The number of nitrogens with zero attached hydrogens (tertiary/aromatic N) is 1. The Morgan fingerprint density at radius 1 is 1.03 bits per heavy atom. The molecule has 0 unspecified atom stereocenters. The summed E-state index contributed by atoms with van der Waals surface area (Å²) in [5, 5.41) is 1.06. The number of halogens is 3. The van der Waals surface area contributed by atoms with Crippen LogP contribution < -0.4 is 4.90 Å². The molecule has 2 aromatic carbocycles. The first-order chi connectivity index (χ1) is 13.9. The van der Waals surface area contributed by atoms with Crippen molar-refractivity contribution in [2.24, 2.45) is 5.92 Å². The zero-order valence-corrected chi connectivity index (χ0v) is 17.6. The van der Waals surface area contributed by atoms with E-state index in [9.17, 15) is 14.4 Å². The summed E-state index contributed by atoms with van der Waals surface area (Å²) in [4.78, 5) is 39.2. The number of ketones is 1. The summed E-state index contributed by atoms with van der Waals surface area (Å²) in [6.07, 6.45) is -0.818. The van der Waals surface area contributed by atoms with Gasteiger partial charge in [0.25, 0.3) is 0 Å². The lowest BCUT2D eigenvalue weighted by molar-refractivity contribution is -0.151. The molecule has 152 valence electrons. The maximum atomic E-state index is 12.7. The Labute approximate surface area is 183 Å². The smallest absolute Gasteiger partial charge is 0.312 e. The fourth-order valence-electron chi connectivity index (χ4n) is 3.12. The summed E-state index contributed by atoms with van der Waals surface area (Å²) in [5.74, 6) is -1.64. The number of ether oxygens (including phenoxy) is 1. The van der Waals surface area contributed by atoms with Crippen LogP contribution in [0.15, 0.2) is 48.5 Å². The highest BCUT2D eigenvalue weighted by Gasteiger charge is 2.38. The molecular weight excluding hydrogens is 437 g/mol. The van der Waals surface area contributed by atoms with E-state index in [1.807, 2.05) is 0 Å². The molecule has 0 aliphatic carbocycles. The van der Waals surface area contributed by atoms with Crippen molar-refractivity contribution in [2.75, 3.05) is 17.3 Å². The van der Waals surface area contributed by atoms with E-state index >= 15 is 0 Å². The van der Waals surface area contributed by atoms with Crippen LogP contribution in [0.5, 0.6) is 0 Å². The Bertz CT molecular complexity index is 899. The van der Waals surface area contributed by atoms with Gasteiger partial charge in [0.1, 0.15) is 0 Å². The minimum Gasteiger partial charge on any atom is -0.454 e. The maximum Gasteiger partial charge on any atom is 0.312 e. The molecule has 29 heavy (non-hydrogen) atoms. The first-order valence-corrected chi connectivity index (χ1v) is 10.3. The molecule has 0 aromatic heterocycles. The van der Waals surface area contributed by atoms with Crippen LogP contribution in [0.4, 0.5) is 5.69 Å². The van der Waals surface area contributed by atoms with Crippen molar-refractivity contribution in [3.8, 4) is 0 Å². The molecule has 1 heterocycles. The third-order valence-electron chi connectivity index (χ3n) is 4.65. The van der Waals surface area contributed by atoms with Gasteiger partial charge in [-0.25, -0.2) is 0 Å². The second-order valence-electron chi connectivity index (χ2n) is 6.66. The number of carbonyl (C=O) groups excluding carboxylic acids is 3. The molecule has 0 saturated carbocycles. The Kier molecular flexibility index (Phi) is 7.17. The van der Waals surface area contributed by atoms with Crippen molar-refractivity contribution >= 4 is 58.1 Å². The fourth-order valence-corrected chi connectivity index (χ4v) is 3.57. The molecule has 0 bridgehead atoms. The van der Waals surface area contributed by atoms with Crippen LogP contribution in [-0.2, 0) is 14.3 Å². The van der Waals surface area contributed by atoms with E-state index in [4.69, 9.17) is 39.5 Å². The zero-order chi connectivity index (χ0) is 21.0. The third kappa shape index (κ3) is 5.30. The van der Waals surface area contributed by atoms with Crippen LogP contribution in [0.25, 0.3) is 0 Å². The molecule has 3 rings (SSSR count). The van der Waals surface area contributed by atoms with Crippen molar-refractivity contribution < 1.29 is 19.1 Å². The standard InChI is InChI=1S/C21H18Cl3NO4/c22-10-9-18(20(27)13-1-3-15(23)4-2-13)29-21(28)14-11-19(26)25(12-14)17-7-5-16(24)6-8-17/h1-8,14,18H,9-12H2/t14-,18+/m0/s1. The first-order valence-electron chi connectivity index (χ1n) is 9.01. The molecule has 1 saturated heterocycles. The van der Waals surface area contributed by atoms with E-state index in [0.717, 1.165) is 0 Å². The van der Waals surface area contributed by atoms with Gasteiger partial charge in [-0.2, -0.15) is 0 Å². The summed E-state index contributed by atoms with van der Waals surface area (Å²) >= 11 is 17.5. The summed E-state index contributed by atoms with van der Waals surface area (Å²) in [7, 11) is 0. The van der Waals surface area contributed by atoms with Crippen molar-refractivity contribution in [1.29, 1.82) is 0 Å². The van der Waals surface area contributed by atoms with Gasteiger partial charge < -0.3 is 9.64 Å². The highest BCUT2D eigenvalue weighted by Crippen LogP contribution is 2.27. The Morgan fingerprint density at radius 3 is 2.21 bits per heavy atom. The second kappa shape index (κ2) is 9.61. The number of benzene rings is 2. The molecule has 1 aliphatic heterocycles. The van der Waals surface area contributed by atoms with Crippen molar-refractivity contribution in [3.05, 3.63) is 64.1 Å². The van der Waals surface area contributed by atoms with Crippen LogP contribution in [0.2, 0.25) is 10.0 Å². The molecule has 1 aliphatic rings. The fraction of sp³-hybridized carbons (Fsp3) is 0.286. The van der Waals surface area contributed by atoms with Gasteiger partial charge in [-0.15, -0.1) is 11.6 Å². The molecule has 0 spiro atoms. The Balaban J connectivity index is 1.68. The Morgan fingerprint density at radius 2 is 1.62 bits per heavy atom. The molecule has 2 atom stereocenters. The average molecular weight is 455 g/mol. The van der Waals surface area contributed by atoms with Gasteiger partial charge in [-0.1, -0.05) is 23.2 Å². The summed E-state index contributed by atoms with van der Waals surface area (Å²) in [6.45, 7) is 0.183. The summed E-state index contributed by atoms with van der Waals surface area (Å²) in [5.41, 5.74) is 1.03.